The third-order valence-corrected chi connectivity index (χ3v) is 5.54. The van der Waals surface area contributed by atoms with Crippen LogP contribution in [0.3, 0.4) is 0 Å². The van der Waals surface area contributed by atoms with Crippen LogP contribution in [0.2, 0.25) is 0 Å². The monoisotopic (exact) mass is 387 g/mol. The topological polar surface area (TPSA) is 20.3 Å². The number of amides is 1. The van der Waals surface area contributed by atoms with Crippen LogP contribution in [0.15, 0.2) is 0 Å². The maximum absolute atomic E-state index is 11.9. The summed E-state index contributed by atoms with van der Waals surface area (Å²) in [5, 5.41) is 1.17. The molecule has 1 rings (SSSR count). The van der Waals surface area contributed by atoms with Gasteiger partial charge < -0.3 is 4.90 Å². The fourth-order valence-electron chi connectivity index (χ4n) is 3.44. The molecule has 23 heavy (non-hydrogen) atoms. The summed E-state index contributed by atoms with van der Waals surface area (Å²) in [6.45, 7) is 2.02. The Morgan fingerprint density at radius 2 is 1.04 bits per heavy atom. The summed E-state index contributed by atoms with van der Waals surface area (Å²) < 4.78 is 0. The predicted octanol–water partition coefficient (Wildman–Crippen LogP) is 6.47. The molecule has 1 fully saturated rings. The van der Waals surface area contributed by atoms with Crippen molar-refractivity contribution in [2.24, 2.45) is 0 Å². The number of hydrogen-bond donors (Lipinski definition) is 0. The van der Waals surface area contributed by atoms with Gasteiger partial charge in [0.1, 0.15) is 0 Å². The van der Waals surface area contributed by atoms with E-state index in [9.17, 15) is 4.79 Å². The van der Waals surface area contributed by atoms with E-state index >= 15 is 0 Å². The van der Waals surface area contributed by atoms with E-state index in [0.717, 1.165) is 25.9 Å². The van der Waals surface area contributed by atoms with Gasteiger partial charge in [-0.3, -0.25) is 4.79 Å². The number of likely N-dealkylation sites (tertiary alicyclic amines) is 1. The Morgan fingerprint density at radius 1 is 0.652 bits per heavy atom. The molecule has 0 aromatic rings. The second kappa shape index (κ2) is 15.5. The van der Waals surface area contributed by atoms with Crippen molar-refractivity contribution in [2.75, 3.05) is 18.4 Å². The van der Waals surface area contributed by atoms with Gasteiger partial charge in [0.2, 0.25) is 5.91 Å². The highest BCUT2D eigenvalue weighted by atomic mass is 79.9. The van der Waals surface area contributed by atoms with E-state index in [-0.39, 0.29) is 0 Å². The first-order valence-electron chi connectivity index (χ1n) is 10.2. The number of unbranched alkanes of at least 4 members (excludes halogenated alkanes) is 12. The van der Waals surface area contributed by atoms with Gasteiger partial charge in [-0.1, -0.05) is 86.6 Å². The van der Waals surface area contributed by atoms with Crippen LogP contribution in [-0.4, -0.2) is 29.2 Å². The van der Waals surface area contributed by atoms with Crippen molar-refractivity contribution in [2.45, 2.75) is 103 Å². The molecule has 0 atom stereocenters. The number of rotatable bonds is 15. The predicted molar refractivity (Wildman–Crippen MR) is 104 cm³/mol. The smallest absolute Gasteiger partial charge is 0.222 e. The Balaban J connectivity index is 1.72. The summed E-state index contributed by atoms with van der Waals surface area (Å²) in [6, 6.07) is 0. The maximum Gasteiger partial charge on any atom is 0.222 e. The first-order chi connectivity index (χ1) is 11.3. The summed E-state index contributed by atoms with van der Waals surface area (Å²) in [4.78, 5) is 13.9. The molecule has 0 aliphatic carbocycles. The minimum Gasteiger partial charge on any atom is -0.343 e. The zero-order valence-corrected chi connectivity index (χ0v) is 16.8. The summed E-state index contributed by atoms with van der Waals surface area (Å²) in [6.07, 6.45) is 20.9. The standard InChI is InChI=1S/C20H38BrNO/c21-17-13-11-9-7-5-3-1-2-4-6-8-10-12-16-20(23)22-18-14-15-19-22/h1-19H2. The molecular formula is C20H38BrNO. The molecule has 136 valence electrons. The van der Waals surface area contributed by atoms with Crippen molar-refractivity contribution in [3.05, 3.63) is 0 Å². The number of carbonyl (C=O) groups excluding carboxylic acids is 1. The molecule has 0 aromatic heterocycles. The third kappa shape index (κ3) is 12.0. The minimum atomic E-state index is 0.402. The molecule has 0 aromatic carbocycles. The van der Waals surface area contributed by atoms with Gasteiger partial charge in [0.15, 0.2) is 0 Å². The van der Waals surface area contributed by atoms with Gasteiger partial charge in [0.25, 0.3) is 0 Å². The average Bonchev–Trinajstić information content (AvgIpc) is 3.09. The lowest BCUT2D eigenvalue weighted by molar-refractivity contribution is -0.130. The van der Waals surface area contributed by atoms with Crippen LogP contribution in [0.25, 0.3) is 0 Å². The van der Waals surface area contributed by atoms with E-state index in [1.807, 2.05) is 0 Å². The van der Waals surface area contributed by atoms with E-state index in [0.29, 0.717) is 5.91 Å². The molecule has 1 aliphatic rings. The van der Waals surface area contributed by atoms with Gasteiger partial charge in [-0.25, -0.2) is 0 Å². The number of hydrogen-bond acceptors (Lipinski definition) is 1. The first kappa shape index (κ1) is 21.0. The van der Waals surface area contributed by atoms with Crippen molar-refractivity contribution < 1.29 is 4.79 Å². The van der Waals surface area contributed by atoms with Crippen molar-refractivity contribution in [1.29, 1.82) is 0 Å². The van der Waals surface area contributed by atoms with E-state index in [4.69, 9.17) is 0 Å². The highest BCUT2D eigenvalue weighted by Gasteiger charge is 2.16. The van der Waals surface area contributed by atoms with E-state index < -0.39 is 0 Å². The Hall–Kier alpha value is -0.0500. The van der Waals surface area contributed by atoms with Crippen molar-refractivity contribution >= 4 is 21.8 Å². The van der Waals surface area contributed by atoms with Crippen LogP contribution in [0.4, 0.5) is 0 Å². The lowest BCUT2D eigenvalue weighted by atomic mass is 10.0. The van der Waals surface area contributed by atoms with Crippen LogP contribution in [0.1, 0.15) is 103 Å². The zero-order chi connectivity index (χ0) is 16.6. The molecule has 0 bridgehead atoms. The van der Waals surface area contributed by atoms with Crippen molar-refractivity contribution in [3.8, 4) is 0 Å². The number of alkyl halides is 1. The second-order valence-corrected chi connectivity index (χ2v) is 7.92. The first-order valence-corrected chi connectivity index (χ1v) is 11.3. The van der Waals surface area contributed by atoms with Crippen LogP contribution >= 0.6 is 15.9 Å². The largest absolute Gasteiger partial charge is 0.343 e. The molecule has 3 heteroatoms. The molecule has 0 N–H and O–H groups in total. The lowest BCUT2D eigenvalue weighted by Crippen LogP contribution is -2.27. The van der Waals surface area contributed by atoms with Crippen LogP contribution in [-0.2, 0) is 4.79 Å². The van der Waals surface area contributed by atoms with Gasteiger partial charge in [0.05, 0.1) is 0 Å². The number of nitrogens with zero attached hydrogens (tertiary/aromatic N) is 1. The zero-order valence-electron chi connectivity index (χ0n) is 15.2. The van der Waals surface area contributed by atoms with Gasteiger partial charge in [-0.15, -0.1) is 0 Å². The summed E-state index contributed by atoms with van der Waals surface area (Å²) in [5.74, 6) is 0.402. The quantitative estimate of drug-likeness (QED) is 0.233. The van der Waals surface area contributed by atoms with E-state index in [2.05, 4.69) is 20.8 Å². The maximum atomic E-state index is 11.9. The number of halogens is 1. The highest BCUT2D eigenvalue weighted by molar-refractivity contribution is 9.09. The Labute approximate surface area is 152 Å². The van der Waals surface area contributed by atoms with Gasteiger partial charge >= 0.3 is 0 Å². The molecule has 0 spiro atoms. The second-order valence-electron chi connectivity index (χ2n) is 7.12. The molecule has 0 unspecified atom stereocenters. The fraction of sp³-hybridized carbons (Fsp3) is 0.950. The molecule has 1 heterocycles. The fourth-order valence-corrected chi connectivity index (χ4v) is 3.84. The van der Waals surface area contributed by atoms with Gasteiger partial charge in [-0.05, 0) is 25.7 Å². The van der Waals surface area contributed by atoms with Crippen molar-refractivity contribution in [1.82, 2.24) is 4.90 Å². The Kier molecular flexibility index (Phi) is 14.1. The highest BCUT2D eigenvalue weighted by Crippen LogP contribution is 2.14. The lowest BCUT2D eigenvalue weighted by Gasteiger charge is -2.14. The molecule has 0 radical (unpaired) electrons. The van der Waals surface area contributed by atoms with E-state index in [1.54, 1.807) is 0 Å². The van der Waals surface area contributed by atoms with Gasteiger partial charge in [0, 0.05) is 24.8 Å². The molecule has 1 aliphatic heterocycles. The molecule has 1 amide bonds. The average molecular weight is 388 g/mol. The minimum absolute atomic E-state index is 0.402. The van der Waals surface area contributed by atoms with Crippen LogP contribution < -0.4 is 0 Å². The number of carbonyl (C=O) groups is 1. The Bertz CT molecular complexity index is 277. The molecule has 1 saturated heterocycles. The summed E-state index contributed by atoms with van der Waals surface area (Å²) in [5.41, 5.74) is 0. The summed E-state index contributed by atoms with van der Waals surface area (Å²) >= 11 is 3.49. The van der Waals surface area contributed by atoms with Crippen LogP contribution in [0.5, 0.6) is 0 Å². The normalized spacial score (nSPS) is 14.6. The molecular weight excluding hydrogens is 350 g/mol. The van der Waals surface area contributed by atoms with Crippen molar-refractivity contribution in [3.63, 3.8) is 0 Å². The summed E-state index contributed by atoms with van der Waals surface area (Å²) in [7, 11) is 0. The molecule has 0 saturated carbocycles. The van der Waals surface area contributed by atoms with Gasteiger partial charge in [-0.2, -0.15) is 0 Å². The van der Waals surface area contributed by atoms with E-state index in [1.165, 1.54) is 95.2 Å². The van der Waals surface area contributed by atoms with Crippen LogP contribution in [0, 0.1) is 0 Å². The SMILES string of the molecule is O=C(CCCCCCCCCCCCCCCBr)N1CCCC1. The molecule has 2 nitrogen and oxygen atoms in total. The third-order valence-electron chi connectivity index (χ3n) is 4.98. The Morgan fingerprint density at radius 3 is 1.48 bits per heavy atom.